The molecule has 0 bridgehead atoms. The van der Waals surface area contributed by atoms with Crippen LogP contribution in [0.25, 0.3) is 0 Å². The van der Waals surface area contributed by atoms with Gasteiger partial charge in [0.1, 0.15) is 11.5 Å². The van der Waals surface area contributed by atoms with E-state index in [0.717, 1.165) is 37.5 Å². The first-order valence-electron chi connectivity index (χ1n) is 11.3. The van der Waals surface area contributed by atoms with Gasteiger partial charge in [0.2, 0.25) is 0 Å². The van der Waals surface area contributed by atoms with Crippen LogP contribution in [0.3, 0.4) is 0 Å². The van der Waals surface area contributed by atoms with Gasteiger partial charge in [0.25, 0.3) is 0 Å². The summed E-state index contributed by atoms with van der Waals surface area (Å²) in [6.45, 7) is 14.2. The number of unbranched alkanes of at least 4 members (excludes halogenated alkanes) is 1. The molecule has 0 aliphatic carbocycles. The van der Waals surface area contributed by atoms with Crippen molar-refractivity contribution < 1.29 is 18.4 Å². The van der Waals surface area contributed by atoms with Gasteiger partial charge < -0.3 is 13.6 Å². The summed E-state index contributed by atoms with van der Waals surface area (Å²) in [5.74, 6) is 0.967. The zero-order valence-corrected chi connectivity index (χ0v) is 22.0. The molecule has 0 aliphatic rings. The van der Waals surface area contributed by atoms with Gasteiger partial charge in [0.05, 0.1) is 12.2 Å². The summed E-state index contributed by atoms with van der Waals surface area (Å²) < 4.78 is 17.5. The molecule has 0 fully saturated rings. The lowest BCUT2D eigenvalue weighted by Crippen LogP contribution is -2.42. The van der Waals surface area contributed by atoms with Crippen LogP contribution < -0.4 is 9.47 Å². The summed E-state index contributed by atoms with van der Waals surface area (Å²) in [6, 6.07) is 16.1. The fourth-order valence-corrected chi connectivity index (χ4v) is 11.6. The lowest BCUT2D eigenvalue weighted by atomic mass is 10.1. The van der Waals surface area contributed by atoms with Crippen LogP contribution in [0.2, 0.25) is 38.8 Å². The summed E-state index contributed by atoms with van der Waals surface area (Å²) >= 11 is 0. The Morgan fingerprint density at radius 1 is 0.839 bits per heavy atom. The second kappa shape index (κ2) is 11.6. The Morgan fingerprint density at radius 3 is 2.03 bits per heavy atom. The van der Waals surface area contributed by atoms with E-state index in [2.05, 4.69) is 39.7 Å². The predicted molar refractivity (Wildman–Crippen MR) is 133 cm³/mol. The highest BCUT2D eigenvalue weighted by Gasteiger charge is 2.28. The standard InChI is InChI=1S/C25H38O4Si2/c1-7-8-19-27-23-15-17-24(18-16-23)28-25(26)22-13-11-21(12-14-22)10-9-20-31(5,6)29-30(2,3)4/h11-18H,7-10,19-20H2,1-6H3. The summed E-state index contributed by atoms with van der Waals surface area (Å²) in [4.78, 5) is 12.4. The maximum Gasteiger partial charge on any atom is 0.343 e. The van der Waals surface area contributed by atoms with Gasteiger partial charge in [-0.15, -0.1) is 0 Å². The molecule has 2 rings (SSSR count). The lowest BCUT2D eigenvalue weighted by molar-refractivity contribution is 0.0734. The molecule has 0 unspecified atom stereocenters. The van der Waals surface area contributed by atoms with Crippen molar-refractivity contribution >= 4 is 22.6 Å². The van der Waals surface area contributed by atoms with Crippen molar-refractivity contribution in [3.05, 3.63) is 59.7 Å². The third-order valence-electron chi connectivity index (χ3n) is 4.82. The quantitative estimate of drug-likeness (QED) is 0.148. The van der Waals surface area contributed by atoms with Crippen molar-refractivity contribution in [1.82, 2.24) is 0 Å². The molecular weight excluding hydrogens is 420 g/mol. The van der Waals surface area contributed by atoms with Gasteiger partial charge in [0.15, 0.2) is 16.6 Å². The summed E-state index contributed by atoms with van der Waals surface area (Å²) in [6.07, 6.45) is 4.24. The highest BCUT2D eigenvalue weighted by molar-refractivity contribution is 6.84. The Bertz CT molecular complexity index is 809. The molecule has 0 amide bonds. The molecule has 0 atom stereocenters. The SMILES string of the molecule is CCCCOc1ccc(OC(=O)c2ccc(CCC[Si](C)(C)O[Si](C)(C)C)cc2)cc1. The smallest absolute Gasteiger partial charge is 0.343 e. The predicted octanol–water partition coefficient (Wildman–Crippen LogP) is 7.07. The number of carbonyl (C=O) groups is 1. The molecular formula is C25H38O4Si2. The molecule has 0 aromatic heterocycles. The van der Waals surface area contributed by atoms with E-state index in [1.54, 1.807) is 12.1 Å². The second-order valence-electron chi connectivity index (χ2n) is 9.59. The van der Waals surface area contributed by atoms with Gasteiger partial charge in [-0.05, 0) is 100 Å². The number of aryl methyl sites for hydroxylation is 1. The Balaban J connectivity index is 1.82. The monoisotopic (exact) mass is 458 g/mol. The van der Waals surface area contributed by atoms with E-state index in [1.807, 2.05) is 36.4 Å². The van der Waals surface area contributed by atoms with Gasteiger partial charge in [0, 0.05) is 0 Å². The highest BCUT2D eigenvalue weighted by Crippen LogP contribution is 2.22. The maximum atomic E-state index is 12.4. The van der Waals surface area contributed by atoms with Crippen LogP contribution in [0.5, 0.6) is 11.5 Å². The van der Waals surface area contributed by atoms with Crippen molar-refractivity contribution in [2.45, 2.75) is 71.4 Å². The molecule has 0 spiro atoms. The van der Waals surface area contributed by atoms with Crippen molar-refractivity contribution in [2.24, 2.45) is 0 Å². The van der Waals surface area contributed by atoms with Crippen LogP contribution in [-0.2, 0) is 10.5 Å². The van der Waals surface area contributed by atoms with Crippen LogP contribution >= 0.6 is 0 Å². The minimum absolute atomic E-state index is 0.344. The molecule has 0 N–H and O–H groups in total. The topological polar surface area (TPSA) is 44.8 Å². The van der Waals surface area contributed by atoms with Gasteiger partial charge >= 0.3 is 5.97 Å². The Morgan fingerprint density at radius 2 is 1.45 bits per heavy atom. The van der Waals surface area contributed by atoms with E-state index < -0.39 is 16.6 Å². The molecule has 0 saturated carbocycles. The summed E-state index contributed by atoms with van der Waals surface area (Å²) in [5, 5.41) is 0. The van der Waals surface area contributed by atoms with Crippen LogP contribution in [0.4, 0.5) is 0 Å². The first-order valence-corrected chi connectivity index (χ1v) is 17.8. The molecule has 0 radical (unpaired) electrons. The molecule has 0 aliphatic heterocycles. The van der Waals surface area contributed by atoms with Crippen LogP contribution in [0, 0.1) is 0 Å². The minimum atomic E-state index is -1.60. The Kier molecular flexibility index (Phi) is 9.53. The van der Waals surface area contributed by atoms with E-state index in [-0.39, 0.29) is 5.97 Å². The number of rotatable bonds is 12. The number of carbonyl (C=O) groups excluding carboxylic acids is 1. The van der Waals surface area contributed by atoms with Gasteiger partial charge in [-0.2, -0.15) is 0 Å². The number of esters is 1. The van der Waals surface area contributed by atoms with Crippen molar-refractivity contribution in [1.29, 1.82) is 0 Å². The minimum Gasteiger partial charge on any atom is -0.494 e. The van der Waals surface area contributed by atoms with Crippen molar-refractivity contribution in [3.8, 4) is 11.5 Å². The van der Waals surface area contributed by atoms with Gasteiger partial charge in [-0.1, -0.05) is 25.5 Å². The van der Waals surface area contributed by atoms with Gasteiger partial charge in [-0.25, -0.2) is 4.79 Å². The Hall–Kier alpha value is -1.90. The first kappa shape index (κ1) is 25.4. The van der Waals surface area contributed by atoms with Crippen molar-refractivity contribution in [2.75, 3.05) is 6.61 Å². The molecule has 31 heavy (non-hydrogen) atoms. The average molecular weight is 459 g/mol. The first-order chi connectivity index (χ1) is 14.6. The number of hydrogen-bond donors (Lipinski definition) is 0. The fraction of sp³-hybridized carbons (Fsp3) is 0.480. The van der Waals surface area contributed by atoms with E-state index in [9.17, 15) is 4.79 Å². The second-order valence-corrected chi connectivity index (χ2v) is 18.6. The van der Waals surface area contributed by atoms with Crippen LogP contribution in [0.1, 0.15) is 42.1 Å². The number of ether oxygens (including phenoxy) is 2. The van der Waals surface area contributed by atoms with E-state index >= 15 is 0 Å². The van der Waals surface area contributed by atoms with Crippen LogP contribution in [-0.4, -0.2) is 29.2 Å². The summed E-state index contributed by atoms with van der Waals surface area (Å²) in [5.41, 5.74) is 1.80. The van der Waals surface area contributed by atoms with Crippen molar-refractivity contribution in [3.63, 3.8) is 0 Å². The normalized spacial score (nSPS) is 11.9. The Labute approximate surface area is 190 Å². The zero-order valence-electron chi connectivity index (χ0n) is 20.0. The third-order valence-corrected chi connectivity index (χ3v) is 11.0. The third kappa shape index (κ3) is 9.85. The molecule has 0 saturated heterocycles. The molecule has 2 aromatic rings. The highest BCUT2D eigenvalue weighted by atomic mass is 28.4. The van der Waals surface area contributed by atoms with E-state index in [1.165, 1.54) is 5.56 Å². The number of benzene rings is 2. The van der Waals surface area contributed by atoms with Gasteiger partial charge in [-0.3, -0.25) is 0 Å². The molecule has 4 nitrogen and oxygen atoms in total. The van der Waals surface area contributed by atoms with E-state index in [0.29, 0.717) is 17.9 Å². The lowest BCUT2D eigenvalue weighted by Gasteiger charge is -2.31. The number of hydrogen-bond acceptors (Lipinski definition) is 4. The van der Waals surface area contributed by atoms with Crippen LogP contribution in [0.15, 0.2) is 48.5 Å². The molecule has 2 aromatic carbocycles. The maximum absolute atomic E-state index is 12.4. The fourth-order valence-electron chi connectivity index (χ4n) is 3.51. The molecule has 170 valence electrons. The largest absolute Gasteiger partial charge is 0.494 e. The summed E-state index contributed by atoms with van der Waals surface area (Å²) in [7, 11) is -3.08. The average Bonchev–Trinajstić information content (AvgIpc) is 2.68. The molecule has 6 heteroatoms. The molecule has 0 heterocycles. The van der Waals surface area contributed by atoms with E-state index in [4.69, 9.17) is 13.6 Å². The zero-order chi connectivity index (χ0) is 22.9.